The van der Waals surface area contributed by atoms with Gasteiger partial charge in [-0.05, 0) is 51.1 Å². The smallest absolute Gasteiger partial charge is 0.254 e. The summed E-state index contributed by atoms with van der Waals surface area (Å²) in [6.45, 7) is 9.72. The van der Waals surface area contributed by atoms with Crippen LogP contribution in [0.25, 0.3) is 22.7 Å². The average molecular weight is 379 g/mol. The van der Waals surface area contributed by atoms with Crippen molar-refractivity contribution in [3.63, 3.8) is 0 Å². The fourth-order valence-corrected chi connectivity index (χ4v) is 3.55. The molecular formula is C21H25N5O2. The molecule has 2 aromatic heterocycles. The van der Waals surface area contributed by atoms with Gasteiger partial charge in [0.15, 0.2) is 11.2 Å². The number of nitrogens with zero attached hydrogens (tertiary/aromatic N) is 4. The molecule has 0 saturated carbocycles. The first-order valence-corrected chi connectivity index (χ1v) is 9.48. The molecule has 1 amide bonds. The van der Waals surface area contributed by atoms with Crippen molar-refractivity contribution in [1.29, 1.82) is 0 Å². The van der Waals surface area contributed by atoms with E-state index < -0.39 is 0 Å². The molecule has 3 heterocycles. The number of fused-ring (bicyclic) bond motifs is 1. The van der Waals surface area contributed by atoms with Crippen LogP contribution in [0.3, 0.4) is 0 Å². The van der Waals surface area contributed by atoms with Crippen molar-refractivity contribution < 1.29 is 9.21 Å². The summed E-state index contributed by atoms with van der Waals surface area (Å²) in [4.78, 5) is 25.9. The lowest BCUT2D eigenvalue weighted by Crippen LogP contribution is -2.54. The van der Waals surface area contributed by atoms with Crippen LogP contribution >= 0.6 is 0 Å². The lowest BCUT2D eigenvalue weighted by atomic mass is 10.0. The van der Waals surface area contributed by atoms with Gasteiger partial charge in [0.05, 0.1) is 0 Å². The quantitative estimate of drug-likeness (QED) is 0.689. The lowest BCUT2D eigenvalue weighted by molar-refractivity contribution is 0.0451. The molecular weight excluding hydrogens is 354 g/mol. The third-order valence-electron chi connectivity index (χ3n) is 5.13. The molecule has 0 bridgehead atoms. The molecule has 28 heavy (non-hydrogen) atoms. The summed E-state index contributed by atoms with van der Waals surface area (Å²) in [7, 11) is 0. The number of nitrogen functional groups attached to an aromatic ring is 1. The standard InChI is InChI=1S/C21H25N5O2/c1-21(2,3)26-9-7-25(8-10-26)20(27)15-11-14(12-16(22)13-15)19-24-18-17(28-19)5-4-6-23-18/h4-6,11-13H,7-10,22H2,1-3H3. The van der Waals surface area contributed by atoms with Crippen LogP contribution in [0, 0.1) is 0 Å². The molecule has 3 aromatic rings. The summed E-state index contributed by atoms with van der Waals surface area (Å²) in [6.07, 6.45) is 1.67. The number of pyridine rings is 1. The second kappa shape index (κ2) is 6.91. The van der Waals surface area contributed by atoms with Crippen molar-refractivity contribution in [2.45, 2.75) is 26.3 Å². The molecule has 0 unspecified atom stereocenters. The fraction of sp³-hybridized carbons (Fsp3) is 0.381. The van der Waals surface area contributed by atoms with E-state index in [4.69, 9.17) is 10.2 Å². The number of anilines is 1. The summed E-state index contributed by atoms with van der Waals surface area (Å²) >= 11 is 0. The molecule has 0 atom stereocenters. The van der Waals surface area contributed by atoms with E-state index in [0.717, 1.165) is 13.1 Å². The normalized spacial score (nSPS) is 15.9. The molecule has 1 aromatic carbocycles. The van der Waals surface area contributed by atoms with Gasteiger partial charge in [-0.1, -0.05) is 0 Å². The minimum absolute atomic E-state index is 0.0173. The first kappa shape index (κ1) is 18.4. The Kier molecular flexibility index (Phi) is 4.55. The van der Waals surface area contributed by atoms with Crippen molar-refractivity contribution in [3.8, 4) is 11.5 Å². The molecule has 1 saturated heterocycles. The molecule has 2 N–H and O–H groups in total. The molecule has 0 aliphatic carbocycles. The first-order valence-electron chi connectivity index (χ1n) is 9.48. The van der Waals surface area contributed by atoms with E-state index in [-0.39, 0.29) is 11.4 Å². The summed E-state index contributed by atoms with van der Waals surface area (Å²) in [6, 6.07) is 8.87. The van der Waals surface area contributed by atoms with Crippen LogP contribution in [0.4, 0.5) is 5.69 Å². The van der Waals surface area contributed by atoms with Gasteiger partial charge in [0.2, 0.25) is 5.89 Å². The monoisotopic (exact) mass is 379 g/mol. The van der Waals surface area contributed by atoms with Crippen LogP contribution < -0.4 is 5.73 Å². The number of rotatable bonds is 2. The predicted molar refractivity (Wildman–Crippen MR) is 109 cm³/mol. The van der Waals surface area contributed by atoms with Gasteiger partial charge in [-0.15, -0.1) is 0 Å². The minimum Gasteiger partial charge on any atom is -0.434 e. The van der Waals surface area contributed by atoms with E-state index in [2.05, 4.69) is 35.6 Å². The molecule has 0 radical (unpaired) electrons. The van der Waals surface area contributed by atoms with Gasteiger partial charge in [0.25, 0.3) is 5.91 Å². The highest BCUT2D eigenvalue weighted by atomic mass is 16.3. The van der Waals surface area contributed by atoms with Crippen LogP contribution in [0.5, 0.6) is 0 Å². The highest BCUT2D eigenvalue weighted by molar-refractivity contribution is 5.96. The second-order valence-electron chi connectivity index (χ2n) is 8.14. The Morgan fingerprint density at radius 3 is 2.57 bits per heavy atom. The molecule has 1 aliphatic rings. The highest BCUT2D eigenvalue weighted by Gasteiger charge is 2.28. The molecule has 7 nitrogen and oxygen atoms in total. The zero-order valence-corrected chi connectivity index (χ0v) is 16.5. The Labute approximate surface area is 164 Å². The molecule has 0 spiro atoms. The largest absolute Gasteiger partial charge is 0.434 e. The molecule has 146 valence electrons. The SMILES string of the molecule is CC(C)(C)N1CCN(C(=O)c2cc(N)cc(-c3nc4ncccc4o3)c2)CC1. The second-order valence-corrected chi connectivity index (χ2v) is 8.14. The third kappa shape index (κ3) is 3.57. The highest BCUT2D eigenvalue weighted by Crippen LogP contribution is 2.27. The Morgan fingerprint density at radius 2 is 1.89 bits per heavy atom. The molecule has 1 aliphatic heterocycles. The number of carbonyl (C=O) groups excluding carboxylic acids is 1. The Balaban J connectivity index is 1.58. The van der Waals surface area contributed by atoms with Gasteiger partial charge in [-0.3, -0.25) is 9.69 Å². The third-order valence-corrected chi connectivity index (χ3v) is 5.13. The van der Waals surface area contributed by atoms with Crippen LogP contribution in [0.2, 0.25) is 0 Å². The van der Waals surface area contributed by atoms with Crippen LogP contribution in [-0.2, 0) is 0 Å². The first-order chi connectivity index (χ1) is 13.3. The van der Waals surface area contributed by atoms with E-state index in [0.29, 0.717) is 47.0 Å². The summed E-state index contributed by atoms with van der Waals surface area (Å²) in [5.41, 5.74) is 9.05. The van der Waals surface area contributed by atoms with Gasteiger partial charge >= 0.3 is 0 Å². The van der Waals surface area contributed by atoms with Crippen molar-refractivity contribution >= 4 is 22.8 Å². The van der Waals surface area contributed by atoms with E-state index in [1.165, 1.54) is 0 Å². The van der Waals surface area contributed by atoms with Crippen molar-refractivity contribution in [2.75, 3.05) is 31.9 Å². The van der Waals surface area contributed by atoms with E-state index in [1.54, 1.807) is 30.5 Å². The van der Waals surface area contributed by atoms with Crippen molar-refractivity contribution in [1.82, 2.24) is 19.8 Å². The molecule has 7 heteroatoms. The summed E-state index contributed by atoms with van der Waals surface area (Å²) in [5.74, 6) is 0.393. The topological polar surface area (TPSA) is 88.5 Å². The Morgan fingerprint density at radius 1 is 1.14 bits per heavy atom. The number of amides is 1. The van der Waals surface area contributed by atoms with Gasteiger partial charge in [0, 0.05) is 54.7 Å². The van der Waals surface area contributed by atoms with Gasteiger partial charge in [-0.25, -0.2) is 4.98 Å². The van der Waals surface area contributed by atoms with Gasteiger partial charge in [-0.2, -0.15) is 4.98 Å². The van der Waals surface area contributed by atoms with Crippen LogP contribution in [0.1, 0.15) is 31.1 Å². The van der Waals surface area contributed by atoms with Gasteiger partial charge in [0.1, 0.15) is 0 Å². The van der Waals surface area contributed by atoms with Crippen LogP contribution in [-0.4, -0.2) is 57.4 Å². The number of piperazine rings is 1. The predicted octanol–water partition coefficient (Wildman–Crippen LogP) is 3.03. The van der Waals surface area contributed by atoms with Crippen molar-refractivity contribution in [2.24, 2.45) is 0 Å². The molecule has 1 fully saturated rings. The van der Waals surface area contributed by atoms with E-state index >= 15 is 0 Å². The zero-order valence-electron chi connectivity index (χ0n) is 16.5. The Bertz CT molecular complexity index is 980. The fourth-order valence-electron chi connectivity index (χ4n) is 3.55. The zero-order chi connectivity index (χ0) is 19.9. The summed E-state index contributed by atoms with van der Waals surface area (Å²) in [5, 5.41) is 0. The number of nitrogens with two attached hydrogens (primary N) is 1. The number of hydrogen-bond acceptors (Lipinski definition) is 6. The number of aromatic nitrogens is 2. The number of benzene rings is 1. The van der Waals surface area contributed by atoms with E-state index in [1.807, 2.05) is 11.0 Å². The average Bonchev–Trinajstić information content (AvgIpc) is 3.11. The lowest BCUT2D eigenvalue weighted by Gasteiger charge is -2.42. The van der Waals surface area contributed by atoms with E-state index in [9.17, 15) is 4.79 Å². The van der Waals surface area contributed by atoms with Crippen molar-refractivity contribution in [3.05, 3.63) is 42.1 Å². The van der Waals surface area contributed by atoms with Gasteiger partial charge < -0.3 is 15.1 Å². The molecule has 4 rings (SSSR count). The maximum absolute atomic E-state index is 13.1. The summed E-state index contributed by atoms with van der Waals surface area (Å²) < 4.78 is 5.78. The maximum atomic E-state index is 13.1. The number of hydrogen-bond donors (Lipinski definition) is 1. The maximum Gasteiger partial charge on any atom is 0.254 e. The Hall–Kier alpha value is -2.93. The number of carbonyl (C=O) groups is 1. The minimum atomic E-state index is -0.0173. The number of oxazole rings is 1. The van der Waals surface area contributed by atoms with Crippen LogP contribution in [0.15, 0.2) is 40.9 Å².